The lowest BCUT2D eigenvalue weighted by Crippen LogP contribution is -2.47. The van der Waals surface area contributed by atoms with E-state index in [1.165, 1.54) is 0 Å². The quantitative estimate of drug-likeness (QED) is 0.754. The molecule has 3 N–H and O–H groups in total. The van der Waals surface area contributed by atoms with Gasteiger partial charge in [-0.15, -0.1) is 0 Å². The van der Waals surface area contributed by atoms with Crippen molar-refractivity contribution in [1.82, 2.24) is 5.32 Å². The lowest BCUT2D eigenvalue weighted by Gasteiger charge is -2.26. The highest BCUT2D eigenvalue weighted by molar-refractivity contribution is 6.02. The van der Waals surface area contributed by atoms with Crippen LogP contribution in [0.4, 0.5) is 5.69 Å². The Labute approximate surface area is 122 Å². The van der Waals surface area contributed by atoms with Crippen molar-refractivity contribution in [1.29, 1.82) is 0 Å². The van der Waals surface area contributed by atoms with Gasteiger partial charge < -0.3 is 20.5 Å². The maximum atomic E-state index is 12.2. The molecule has 112 valence electrons. The number of hydrogen-bond donors (Lipinski definition) is 3. The zero-order valence-corrected chi connectivity index (χ0v) is 11.8. The molecule has 0 saturated carbocycles. The molecule has 2 heterocycles. The Morgan fingerprint density at radius 1 is 1.57 bits per heavy atom. The highest BCUT2D eigenvalue weighted by Crippen LogP contribution is 2.26. The van der Waals surface area contributed by atoms with Gasteiger partial charge in [0.05, 0.1) is 12.5 Å². The smallest absolute Gasteiger partial charge is 0.251 e. The Morgan fingerprint density at radius 3 is 3.10 bits per heavy atom. The molecular formula is C15H18N2O4. The predicted molar refractivity (Wildman–Crippen MR) is 76.1 cm³/mol. The molecule has 1 aromatic carbocycles. The number of fused-ring (bicyclic) bond motifs is 1. The zero-order chi connectivity index (χ0) is 15.0. The van der Waals surface area contributed by atoms with Gasteiger partial charge in [0, 0.05) is 30.8 Å². The highest BCUT2D eigenvalue weighted by atomic mass is 16.5. The Bertz CT molecular complexity index is 601. The van der Waals surface area contributed by atoms with Gasteiger partial charge in [0.2, 0.25) is 5.91 Å². The number of aliphatic hydroxyl groups is 1. The first-order valence-corrected chi connectivity index (χ1v) is 7.03. The Hall–Kier alpha value is -1.92. The van der Waals surface area contributed by atoms with Gasteiger partial charge >= 0.3 is 0 Å². The number of rotatable bonds is 3. The Kier molecular flexibility index (Phi) is 3.43. The van der Waals surface area contributed by atoms with Crippen LogP contribution in [-0.2, 0) is 16.0 Å². The minimum absolute atomic E-state index is 0.0613. The Morgan fingerprint density at radius 2 is 2.38 bits per heavy atom. The molecule has 0 bridgehead atoms. The zero-order valence-electron chi connectivity index (χ0n) is 11.8. The van der Waals surface area contributed by atoms with E-state index in [9.17, 15) is 14.7 Å². The van der Waals surface area contributed by atoms with Crippen molar-refractivity contribution in [3.8, 4) is 0 Å². The maximum Gasteiger partial charge on any atom is 0.251 e. The van der Waals surface area contributed by atoms with Crippen molar-refractivity contribution in [3.63, 3.8) is 0 Å². The van der Waals surface area contributed by atoms with Crippen LogP contribution in [0.1, 0.15) is 29.3 Å². The van der Waals surface area contributed by atoms with Crippen LogP contribution in [0.5, 0.6) is 0 Å². The molecular weight excluding hydrogens is 272 g/mol. The number of carbonyl (C=O) groups is 2. The van der Waals surface area contributed by atoms with Crippen LogP contribution in [0.15, 0.2) is 18.2 Å². The van der Waals surface area contributed by atoms with Crippen LogP contribution in [0.25, 0.3) is 0 Å². The number of hydrogen-bond acceptors (Lipinski definition) is 4. The molecule has 0 aromatic heterocycles. The summed E-state index contributed by atoms with van der Waals surface area (Å²) in [4.78, 5) is 23.5. The molecule has 1 aromatic rings. The molecule has 2 amide bonds. The van der Waals surface area contributed by atoms with Crippen molar-refractivity contribution in [2.75, 3.05) is 18.5 Å². The lowest BCUT2D eigenvalue weighted by atomic mass is 9.96. The molecule has 21 heavy (non-hydrogen) atoms. The number of nitrogens with one attached hydrogen (secondary N) is 2. The molecule has 2 aliphatic rings. The summed E-state index contributed by atoms with van der Waals surface area (Å²) in [5.41, 5.74) is 1.03. The van der Waals surface area contributed by atoms with Crippen molar-refractivity contribution in [3.05, 3.63) is 29.3 Å². The van der Waals surface area contributed by atoms with Gasteiger partial charge in [-0.25, -0.2) is 0 Å². The summed E-state index contributed by atoms with van der Waals surface area (Å²) in [6, 6.07) is 5.12. The second-order valence-corrected chi connectivity index (χ2v) is 5.65. The summed E-state index contributed by atoms with van der Waals surface area (Å²) < 4.78 is 5.33. The first-order valence-electron chi connectivity index (χ1n) is 7.03. The highest BCUT2D eigenvalue weighted by Gasteiger charge is 2.39. The molecule has 2 aliphatic heterocycles. The van der Waals surface area contributed by atoms with Crippen LogP contribution < -0.4 is 10.6 Å². The van der Waals surface area contributed by atoms with E-state index in [1.54, 1.807) is 25.1 Å². The van der Waals surface area contributed by atoms with Gasteiger partial charge in [-0.1, -0.05) is 6.07 Å². The first-order chi connectivity index (χ1) is 9.98. The van der Waals surface area contributed by atoms with Gasteiger partial charge in [0.25, 0.3) is 5.91 Å². The van der Waals surface area contributed by atoms with E-state index in [1.807, 2.05) is 0 Å². The second-order valence-electron chi connectivity index (χ2n) is 5.65. The summed E-state index contributed by atoms with van der Waals surface area (Å²) in [5.74, 6) is -0.333. The van der Waals surface area contributed by atoms with E-state index in [0.717, 1.165) is 5.56 Å². The minimum atomic E-state index is -1.01. The van der Waals surface area contributed by atoms with Crippen molar-refractivity contribution < 1.29 is 19.4 Å². The first kappa shape index (κ1) is 14.0. The SMILES string of the molecule is CC1OCCC1(O)CNC(=O)c1ccc2c(c1)NC(=O)C2. The molecule has 2 unspecified atom stereocenters. The molecule has 0 radical (unpaired) electrons. The summed E-state index contributed by atoms with van der Waals surface area (Å²) >= 11 is 0. The topological polar surface area (TPSA) is 87.7 Å². The van der Waals surface area contributed by atoms with Crippen molar-refractivity contribution >= 4 is 17.5 Å². The third kappa shape index (κ3) is 2.64. The maximum absolute atomic E-state index is 12.2. The molecule has 1 saturated heterocycles. The minimum Gasteiger partial charge on any atom is -0.385 e. The summed E-state index contributed by atoms with van der Waals surface area (Å²) in [6.07, 6.45) is 0.567. The molecule has 6 nitrogen and oxygen atoms in total. The summed E-state index contributed by atoms with van der Waals surface area (Å²) in [7, 11) is 0. The van der Waals surface area contributed by atoms with Crippen molar-refractivity contribution in [2.24, 2.45) is 0 Å². The fourth-order valence-electron chi connectivity index (χ4n) is 2.69. The average molecular weight is 290 g/mol. The fourth-order valence-corrected chi connectivity index (χ4v) is 2.69. The fraction of sp³-hybridized carbons (Fsp3) is 0.467. The summed E-state index contributed by atoms with van der Waals surface area (Å²) in [6.45, 7) is 2.44. The van der Waals surface area contributed by atoms with Gasteiger partial charge in [0.1, 0.15) is 5.60 Å². The second kappa shape index (κ2) is 5.13. The average Bonchev–Trinajstić information content (AvgIpc) is 2.98. The van der Waals surface area contributed by atoms with Gasteiger partial charge in [-0.3, -0.25) is 9.59 Å². The van der Waals surface area contributed by atoms with Crippen LogP contribution in [0.2, 0.25) is 0 Å². The third-order valence-electron chi connectivity index (χ3n) is 4.21. The largest absolute Gasteiger partial charge is 0.385 e. The molecule has 0 aliphatic carbocycles. The molecule has 1 fully saturated rings. The molecule has 6 heteroatoms. The van der Waals surface area contributed by atoms with Crippen LogP contribution >= 0.6 is 0 Å². The van der Waals surface area contributed by atoms with E-state index in [0.29, 0.717) is 30.7 Å². The van der Waals surface area contributed by atoms with Crippen LogP contribution in [0, 0.1) is 0 Å². The Balaban J connectivity index is 1.66. The number of ether oxygens (including phenoxy) is 1. The lowest BCUT2D eigenvalue weighted by molar-refractivity contribution is -0.115. The normalized spacial score (nSPS) is 27.3. The van der Waals surface area contributed by atoms with E-state index < -0.39 is 5.60 Å². The van der Waals surface area contributed by atoms with Gasteiger partial charge in [0.15, 0.2) is 0 Å². The summed E-state index contributed by atoms with van der Waals surface area (Å²) in [5, 5.41) is 15.8. The molecule has 0 spiro atoms. The van der Waals surface area contributed by atoms with Crippen LogP contribution in [0.3, 0.4) is 0 Å². The predicted octanol–water partition coefficient (Wildman–Crippen LogP) is 0.451. The molecule has 2 atom stereocenters. The van der Waals surface area contributed by atoms with E-state index >= 15 is 0 Å². The van der Waals surface area contributed by atoms with E-state index in [2.05, 4.69) is 10.6 Å². The van der Waals surface area contributed by atoms with E-state index in [-0.39, 0.29) is 24.5 Å². The molecule has 3 rings (SSSR count). The number of carbonyl (C=O) groups excluding carboxylic acids is 2. The number of anilines is 1. The van der Waals surface area contributed by atoms with Gasteiger partial charge in [-0.05, 0) is 24.6 Å². The van der Waals surface area contributed by atoms with E-state index in [4.69, 9.17) is 4.74 Å². The number of benzene rings is 1. The van der Waals surface area contributed by atoms with Crippen molar-refractivity contribution in [2.45, 2.75) is 31.5 Å². The monoisotopic (exact) mass is 290 g/mol. The third-order valence-corrected chi connectivity index (χ3v) is 4.21. The van der Waals surface area contributed by atoms with Crippen LogP contribution in [-0.4, -0.2) is 41.8 Å². The standard InChI is InChI=1S/C15H18N2O4/c1-9-15(20,4-5-21-9)8-16-14(19)11-3-2-10-7-13(18)17-12(10)6-11/h2-3,6,9,20H,4-5,7-8H2,1H3,(H,16,19)(H,17,18). The number of amides is 2. The van der Waals surface area contributed by atoms with Gasteiger partial charge in [-0.2, -0.15) is 0 Å².